The third kappa shape index (κ3) is 5.46. The van der Waals surface area contributed by atoms with Crippen LogP contribution in [0.4, 0.5) is 19.1 Å². The molecule has 0 saturated carbocycles. The Morgan fingerprint density at radius 2 is 1.74 bits per heavy atom. The van der Waals surface area contributed by atoms with Crippen molar-refractivity contribution in [2.24, 2.45) is 0 Å². The van der Waals surface area contributed by atoms with Gasteiger partial charge < -0.3 is 10.2 Å². The highest BCUT2D eigenvalue weighted by Gasteiger charge is 2.30. The second-order valence-corrected chi connectivity index (χ2v) is 6.44. The maximum Gasteiger partial charge on any atom is 0.416 e. The number of nitrogens with zero attached hydrogens (tertiary/aromatic N) is 3. The van der Waals surface area contributed by atoms with Gasteiger partial charge in [-0.05, 0) is 37.1 Å². The lowest BCUT2D eigenvalue weighted by Gasteiger charge is -2.26. The minimum absolute atomic E-state index is 0. The van der Waals surface area contributed by atoms with Crippen molar-refractivity contribution in [3.05, 3.63) is 41.7 Å². The Balaban J connectivity index is 0.00000182. The molecule has 0 bridgehead atoms. The average Bonchev–Trinajstić information content (AvgIpc) is 2.61. The van der Waals surface area contributed by atoms with E-state index >= 15 is 0 Å². The molecule has 4 nitrogen and oxygen atoms in total. The number of aromatic nitrogens is 2. The van der Waals surface area contributed by atoms with Crippen molar-refractivity contribution in [1.29, 1.82) is 0 Å². The number of hydrogen-bond acceptors (Lipinski definition) is 4. The molecule has 0 radical (unpaired) electrons. The van der Waals surface area contributed by atoms with Crippen molar-refractivity contribution in [3.8, 4) is 11.1 Å². The minimum atomic E-state index is -4.34. The summed E-state index contributed by atoms with van der Waals surface area (Å²) in [6.45, 7) is 0.915. The number of anilines is 1. The van der Waals surface area contributed by atoms with Gasteiger partial charge in [-0.3, -0.25) is 0 Å². The van der Waals surface area contributed by atoms with Crippen LogP contribution in [-0.4, -0.2) is 30.6 Å². The van der Waals surface area contributed by atoms with E-state index in [1.165, 1.54) is 12.1 Å². The van der Waals surface area contributed by atoms with Gasteiger partial charge in [-0.25, -0.2) is 9.97 Å². The Morgan fingerprint density at radius 3 is 2.26 bits per heavy atom. The van der Waals surface area contributed by atoms with E-state index in [-0.39, 0.29) is 30.9 Å². The largest absolute Gasteiger partial charge is 0.416 e. The first-order chi connectivity index (χ1) is 11.9. The second kappa shape index (κ2) is 9.57. The van der Waals surface area contributed by atoms with Crippen molar-refractivity contribution in [3.63, 3.8) is 0 Å². The molecular weight excluding hydrogens is 400 g/mol. The minimum Gasteiger partial charge on any atom is -0.347 e. The number of benzene rings is 1. The Kier molecular flexibility index (Phi) is 8.32. The Hall–Kier alpha value is -1.57. The topological polar surface area (TPSA) is 41.1 Å². The smallest absolute Gasteiger partial charge is 0.347 e. The van der Waals surface area contributed by atoms with Gasteiger partial charge in [0, 0.05) is 25.9 Å². The van der Waals surface area contributed by atoms with Gasteiger partial charge in [-0.15, -0.1) is 24.8 Å². The fourth-order valence-corrected chi connectivity index (χ4v) is 3.01. The summed E-state index contributed by atoms with van der Waals surface area (Å²) in [5, 5.41) is 3.46. The Bertz CT molecular complexity index is 730. The lowest BCUT2D eigenvalue weighted by atomic mass is 9.95. The lowest BCUT2D eigenvalue weighted by molar-refractivity contribution is -0.137. The maximum atomic E-state index is 12.8. The first-order valence-corrected chi connectivity index (χ1v) is 8.31. The average molecular weight is 423 g/mol. The van der Waals surface area contributed by atoms with Gasteiger partial charge in [-0.1, -0.05) is 18.6 Å². The highest BCUT2D eigenvalue weighted by atomic mass is 35.5. The van der Waals surface area contributed by atoms with Gasteiger partial charge in [0.2, 0.25) is 5.95 Å². The number of piperidine rings is 1. The summed E-state index contributed by atoms with van der Waals surface area (Å²) in [5.74, 6) is 0.595. The summed E-state index contributed by atoms with van der Waals surface area (Å²) >= 11 is 0. The predicted octanol–water partition coefficient (Wildman–Crippen LogP) is 4.89. The van der Waals surface area contributed by atoms with Gasteiger partial charge in [0.15, 0.2) is 0 Å². The molecule has 2 heterocycles. The molecule has 0 amide bonds. The van der Waals surface area contributed by atoms with Crippen LogP contribution in [0.3, 0.4) is 0 Å². The molecule has 9 heteroatoms. The molecule has 1 atom stereocenters. The van der Waals surface area contributed by atoms with Crippen LogP contribution in [0.2, 0.25) is 0 Å². The molecular formula is C18H23Cl2F3N4. The Labute approximate surface area is 169 Å². The number of alkyl halides is 3. The highest BCUT2D eigenvalue weighted by Crippen LogP contribution is 2.34. The van der Waals surface area contributed by atoms with E-state index in [0.717, 1.165) is 49.2 Å². The molecule has 1 aliphatic rings. The first-order valence-electron chi connectivity index (χ1n) is 8.31. The fraction of sp³-hybridized carbons (Fsp3) is 0.444. The summed E-state index contributed by atoms with van der Waals surface area (Å²) in [5.41, 5.74) is 1.66. The van der Waals surface area contributed by atoms with Gasteiger partial charge in [0.25, 0.3) is 0 Å². The summed E-state index contributed by atoms with van der Waals surface area (Å²) in [4.78, 5) is 10.8. The van der Waals surface area contributed by atoms with Crippen LogP contribution in [0.1, 0.15) is 36.6 Å². The predicted molar refractivity (Wildman–Crippen MR) is 106 cm³/mol. The van der Waals surface area contributed by atoms with Gasteiger partial charge >= 0.3 is 6.18 Å². The van der Waals surface area contributed by atoms with Crippen LogP contribution in [0.15, 0.2) is 30.5 Å². The van der Waals surface area contributed by atoms with Crippen molar-refractivity contribution < 1.29 is 13.2 Å². The van der Waals surface area contributed by atoms with Gasteiger partial charge in [0.05, 0.1) is 17.3 Å². The SMILES string of the molecule is CN(C)c1ncc(-c2ccc(C(F)(F)F)cc2)c(C2CCCCN2)n1.Cl.Cl. The molecule has 1 unspecified atom stereocenters. The van der Waals surface area contributed by atoms with E-state index in [1.54, 1.807) is 6.20 Å². The second-order valence-electron chi connectivity index (χ2n) is 6.44. The van der Waals surface area contributed by atoms with Gasteiger partial charge in [-0.2, -0.15) is 13.2 Å². The lowest BCUT2D eigenvalue weighted by Crippen LogP contribution is -2.28. The molecule has 3 rings (SSSR count). The zero-order valence-electron chi connectivity index (χ0n) is 15.1. The zero-order valence-corrected chi connectivity index (χ0v) is 16.7. The quantitative estimate of drug-likeness (QED) is 0.764. The van der Waals surface area contributed by atoms with Crippen LogP contribution < -0.4 is 10.2 Å². The fourth-order valence-electron chi connectivity index (χ4n) is 3.01. The standard InChI is InChI=1S/C18H21F3N4.2ClH/c1-25(2)17-23-11-14(16(24-17)15-5-3-4-10-22-15)12-6-8-13(9-7-12)18(19,20)21;;/h6-9,11,15,22H,3-5,10H2,1-2H3;2*1H. The van der Waals surface area contributed by atoms with Crippen LogP contribution in [-0.2, 0) is 6.18 Å². The summed E-state index contributed by atoms with van der Waals surface area (Å²) in [6.07, 6.45) is 0.550. The van der Waals surface area contributed by atoms with Crippen LogP contribution >= 0.6 is 24.8 Å². The van der Waals surface area contributed by atoms with E-state index in [4.69, 9.17) is 0 Å². The van der Waals surface area contributed by atoms with Gasteiger partial charge in [0.1, 0.15) is 0 Å². The molecule has 150 valence electrons. The number of rotatable bonds is 3. The molecule has 0 aliphatic carbocycles. The molecule has 1 fully saturated rings. The molecule has 1 aromatic carbocycles. The molecule has 0 spiro atoms. The van der Waals surface area contributed by atoms with Crippen LogP contribution in [0.5, 0.6) is 0 Å². The van der Waals surface area contributed by atoms with Crippen LogP contribution in [0.25, 0.3) is 11.1 Å². The summed E-state index contributed by atoms with van der Waals surface area (Å²) in [7, 11) is 3.73. The number of hydrogen-bond donors (Lipinski definition) is 1. The molecule has 1 aliphatic heterocycles. The van der Waals surface area contributed by atoms with E-state index in [0.29, 0.717) is 11.5 Å². The Morgan fingerprint density at radius 1 is 1.07 bits per heavy atom. The summed E-state index contributed by atoms with van der Waals surface area (Å²) < 4.78 is 38.4. The first kappa shape index (κ1) is 23.5. The monoisotopic (exact) mass is 422 g/mol. The normalized spacial score (nSPS) is 16.9. The molecule has 27 heavy (non-hydrogen) atoms. The maximum absolute atomic E-state index is 12.8. The molecule has 2 aromatic rings. The van der Waals surface area contributed by atoms with E-state index in [2.05, 4.69) is 15.3 Å². The summed E-state index contributed by atoms with van der Waals surface area (Å²) in [6, 6.07) is 5.28. The molecule has 1 saturated heterocycles. The molecule has 1 N–H and O–H groups in total. The van der Waals surface area contributed by atoms with Crippen molar-refractivity contribution in [2.75, 3.05) is 25.5 Å². The third-order valence-electron chi connectivity index (χ3n) is 4.37. The van der Waals surface area contributed by atoms with Crippen molar-refractivity contribution in [1.82, 2.24) is 15.3 Å². The van der Waals surface area contributed by atoms with E-state index in [1.807, 2.05) is 19.0 Å². The number of halogens is 5. The van der Waals surface area contributed by atoms with Crippen LogP contribution in [0, 0.1) is 0 Å². The third-order valence-corrected chi connectivity index (χ3v) is 4.37. The number of nitrogens with one attached hydrogen (secondary N) is 1. The molecule has 1 aromatic heterocycles. The van der Waals surface area contributed by atoms with Crippen molar-refractivity contribution >= 4 is 30.8 Å². The highest BCUT2D eigenvalue weighted by molar-refractivity contribution is 5.85. The van der Waals surface area contributed by atoms with E-state index < -0.39 is 11.7 Å². The zero-order chi connectivity index (χ0) is 18.0. The van der Waals surface area contributed by atoms with Crippen molar-refractivity contribution in [2.45, 2.75) is 31.5 Å². The van der Waals surface area contributed by atoms with E-state index in [9.17, 15) is 13.2 Å².